The first-order valence-corrected chi connectivity index (χ1v) is 9.65. The lowest BCUT2D eigenvalue weighted by Gasteiger charge is -2.11. The van der Waals surface area contributed by atoms with Crippen LogP contribution in [0.1, 0.15) is 18.2 Å². The Morgan fingerprint density at radius 2 is 2.09 bits per heavy atom. The van der Waals surface area contributed by atoms with E-state index in [0.717, 1.165) is 26.6 Å². The van der Waals surface area contributed by atoms with Gasteiger partial charge in [0.15, 0.2) is 5.16 Å². The van der Waals surface area contributed by atoms with Crippen molar-refractivity contribution in [2.45, 2.75) is 30.8 Å². The molecular weight excluding hydrogens is 380 g/mol. The van der Waals surface area contributed by atoms with E-state index in [1.54, 1.807) is 27.7 Å². The van der Waals surface area contributed by atoms with Crippen LogP contribution in [0.3, 0.4) is 0 Å². The summed E-state index contributed by atoms with van der Waals surface area (Å²) in [6.45, 7) is 2.78. The highest BCUT2D eigenvalue weighted by Crippen LogP contribution is 2.28. The highest BCUT2D eigenvalue weighted by molar-refractivity contribution is 9.11. The monoisotopic (exact) mass is 394 g/mol. The van der Waals surface area contributed by atoms with E-state index in [9.17, 15) is 4.79 Å². The second kappa shape index (κ2) is 6.98. The van der Waals surface area contributed by atoms with Crippen molar-refractivity contribution in [3.05, 3.63) is 55.4 Å². The minimum atomic E-state index is 0.0577. The van der Waals surface area contributed by atoms with Gasteiger partial charge in [0.05, 0.1) is 14.7 Å². The SMILES string of the molecule is CCCn1c(SCc2ccc(Br)s2)nc2ccccc2c1=O. The number of rotatable bonds is 5. The van der Waals surface area contributed by atoms with Crippen molar-refractivity contribution >= 4 is 49.9 Å². The molecule has 0 fully saturated rings. The fourth-order valence-corrected chi connectivity index (χ4v) is 4.80. The Kier molecular flexibility index (Phi) is 5.00. The van der Waals surface area contributed by atoms with Crippen LogP contribution in [0.15, 0.2) is 50.1 Å². The summed E-state index contributed by atoms with van der Waals surface area (Å²) >= 11 is 6.82. The Hall–Kier alpha value is -1.11. The molecule has 0 aliphatic heterocycles. The molecule has 0 aliphatic carbocycles. The minimum Gasteiger partial charge on any atom is -0.287 e. The molecular formula is C16H15BrN2OS2. The number of nitrogens with zero attached hydrogens (tertiary/aromatic N) is 2. The summed E-state index contributed by atoms with van der Waals surface area (Å²) in [6, 6.07) is 11.7. The lowest BCUT2D eigenvalue weighted by atomic mass is 10.2. The zero-order valence-electron chi connectivity index (χ0n) is 12.1. The van der Waals surface area contributed by atoms with Crippen molar-refractivity contribution in [2.24, 2.45) is 0 Å². The van der Waals surface area contributed by atoms with Crippen LogP contribution in [0.4, 0.5) is 0 Å². The lowest BCUT2D eigenvalue weighted by Crippen LogP contribution is -2.23. The van der Waals surface area contributed by atoms with Gasteiger partial charge in [-0.3, -0.25) is 9.36 Å². The zero-order chi connectivity index (χ0) is 15.5. The summed E-state index contributed by atoms with van der Waals surface area (Å²) in [4.78, 5) is 18.6. The van der Waals surface area contributed by atoms with Crippen LogP contribution in [-0.2, 0) is 12.3 Å². The third-order valence-electron chi connectivity index (χ3n) is 3.25. The largest absolute Gasteiger partial charge is 0.287 e. The fourth-order valence-electron chi connectivity index (χ4n) is 2.24. The van der Waals surface area contributed by atoms with Crippen molar-refractivity contribution < 1.29 is 0 Å². The van der Waals surface area contributed by atoms with Gasteiger partial charge in [0, 0.05) is 17.2 Å². The first-order chi connectivity index (χ1) is 10.7. The van der Waals surface area contributed by atoms with Gasteiger partial charge in [-0.1, -0.05) is 30.8 Å². The van der Waals surface area contributed by atoms with Crippen molar-refractivity contribution in [3.8, 4) is 0 Å². The number of benzene rings is 1. The molecule has 3 aromatic rings. The fraction of sp³-hybridized carbons (Fsp3) is 0.250. The Labute approximate surface area is 145 Å². The summed E-state index contributed by atoms with van der Waals surface area (Å²) in [5, 5.41) is 1.49. The van der Waals surface area contributed by atoms with Gasteiger partial charge < -0.3 is 0 Å². The number of aromatic nitrogens is 2. The molecule has 2 heterocycles. The maximum atomic E-state index is 12.7. The third-order valence-corrected chi connectivity index (χ3v) is 6.08. The highest BCUT2D eigenvalue weighted by Gasteiger charge is 2.11. The predicted octanol–water partition coefficient (Wildman–Crippen LogP) is 4.92. The molecule has 0 bridgehead atoms. The molecule has 3 rings (SSSR count). The number of para-hydroxylation sites is 1. The van der Waals surface area contributed by atoms with E-state index in [-0.39, 0.29) is 5.56 Å². The molecule has 22 heavy (non-hydrogen) atoms. The Balaban J connectivity index is 1.99. The minimum absolute atomic E-state index is 0.0577. The molecule has 0 saturated heterocycles. The zero-order valence-corrected chi connectivity index (χ0v) is 15.3. The van der Waals surface area contributed by atoms with Crippen LogP contribution in [0, 0.1) is 0 Å². The number of fused-ring (bicyclic) bond motifs is 1. The predicted molar refractivity (Wildman–Crippen MR) is 97.9 cm³/mol. The van der Waals surface area contributed by atoms with E-state index in [4.69, 9.17) is 4.98 Å². The standard InChI is InChI=1S/C16H15BrN2OS2/c1-2-9-19-15(20)12-5-3-4-6-13(12)18-16(19)21-10-11-7-8-14(17)22-11/h3-8H,2,9-10H2,1H3. The molecule has 0 unspecified atom stereocenters. The number of thiophene rings is 1. The molecule has 0 radical (unpaired) electrons. The van der Waals surface area contributed by atoms with E-state index < -0.39 is 0 Å². The van der Waals surface area contributed by atoms with Crippen LogP contribution in [0.2, 0.25) is 0 Å². The molecule has 0 N–H and O–H groups in total. The Morgan fingerprint density at radius 3 is 2.82 bits per heavy atom. The maximum absolute atomic E-state index is 12.7. The summed E-state index contributed by atoms with van der Waals surface area (Å²) in [6.07, 6.45) is 0.915. The van der Waals surface area contributed by atoms with Crippen LogP contribution < -0.4 is 5.56 Å². The van der Waals surface area contributed by atoms with Gasteiger partial charge in [-0.15, -0.1) is 11.3 Å². The summed E-state index contributed by atoms with van der Waals surface area (Å²) in [7, 11) is 0. The van der Waals surface area contributed by atoms with E-state index in [1.807, 2.05) is 30.3 Å². The average Bonchev–Trinajstić information content (AvgIpc) is 2.94. The molecule has 0 atom stereocenters. The van der Waals surface area contributed by atoms with Gasteiger partial charge in [-0.2, -0.15) is 0 Å². The van der Waals surface area contributed by atoms with Crippen LogP contribution in [0.5, 0.6) is 0 Å². The van der Waals surface area contributed by atoms with Crippen molar-refractivity contribution in [1.29, 1.82) is 0 Å². The molecule has 0 aliphatic rings. The second-order valence-corrected chi connectivity index (χ2v) is 8.35. The van der Waals surface area contributed by atoms with Gasteiger partial charge >= 0.3 is 0 Å². The summed E-state index contributed by atoms with van der Waals surface area (Å²) < 4.78 is 2.93. The average molecular weight is 395 g/mol. The number of thioether (sulfide) groups is 1. The normalized spacial score (nSPS) is 11.2. The molecule has 1 aromatic carbocycles. The van der Waals surface area contributed by atoms with Crippen LogP contribution in [0.25, 0.3) is 10.9 Å². The summed E-state index contributed by atoms with van der Waals surface area (Å²) in [5.41, 5.74) is 0.831. The first-order valence-electron chi connectivity index (χ1n) is 7.05. The van der Waals surface area contributed by atoms with E-state index in [2.05, 4.69) is 28.9 Å². The quantitative estimate of drug-likeness (QED) is 0.454. The number of hydrogen-bond acceptors (Lipinski definition) is 4. The molecule has 0 amide bonds. The molecule has 114 valence electrons. The van der Waals surface area contributed by atoms with E-state index in [0.29, 0.717) is 11.9 Å². The first kappa shape index (κ1) is 15.8. The maximum Gasteiger partial charge on any atom is 0.262 e. The van der Waals surface area contributed by atoms with Gasteiger partial charge in [-0.05, 0) is 46.6 Å². The molecule has 0 spiro atoms. The summed E-state index contributed by atoms with van der Waals surface area (Å²) in [5.74, 6) is 0.824. The van der Waals surface area contributed by atoms with E-state index in [1.165, 1.54) is 4.88 Å². The molecule has 0 saturated carbocycles. The van der Waals surface area contributed by atoms with Crippen molar-refractivity contribution in [2.75, 3.05) is 0 Å². The third kappa shape index (κ3) is 3.29. The second-order valence-electron chi connectivity index (χ2n) is 4.86. The van der Waals surface area contributed by atoms with Gasteiger partial charge in [0.2, 0.25) is 0 Å². The highest BCUT2D eigenvalue weighted by atomic mass is 79.9. The number of hydrogen-bond donors (Lipinski definition) is 0. The Morgan fingerprint density at radius 1 is 1.27 bits per heavy atom. The van der Waals surface area contributed by atoms with E-state index >= 15 is 0 Å². The van der Waals surface area contributed by atoms with Gasteiger partial charge in [0.25, 0.3) is 5.56 Å². The van der Waals surface area contributed by atoms with Gasteiger partial charge in [-0.25, -0.2) is 4.98 Å². The molecule has 3 nitrogen and oxygen atoms in total. The molecule has 6 heteroatoms. The number of halogens is 1. The van der Waals surface area contributed by atoms with Gasteiger partial charge in [0.1, 0.15) is 0 Å². The smallest absolute Gasteiger partial charge is 0.262 e. The lowest BCUT2D eigenvalue weighted by molar-refractivity contribution is 0.585. The van der Waals surface area contributed by atoms with Crippen molar-refractivity contribution in [3.63, 3.8) is 0 Å². The van der Waals surface area contributed by atoms with Crippen LogP contribution in [-0.4, -0.2) is 9.55 Å². The topological polar surface area (TPSA) is 34.9 Å². The molecule has 2 aromatic heterocycles. The van der Waals surface area contributed by atoms with Crippen LogP contribution >= 0.6 is 39.0 Å². The Bertz CT molecular complexity index is 857. The van der Waals surface area contributed by atoms with Crippen molar-refractivity contribution in [1.82, 2.24) is 9.55 Å².